The van der Waals surface area contributed by atoms with Crippen molar-refractivity contribution in [2.75, 3.05) is 20.1 Å². The molecule has 0 aliphatic carbocycles. The predicted octanol–water partition coefficient (Wildman–Crippen LogP) is 1.86. The summed E-state index contributed by atoms with van der Waals surface area (Å²) in [5, 5.41) is 11.3. The molecule has 0 spiro atoms. The van der Waals surface area contributed by atoms with Gasteiger partial charge in [-0.25, -0.2) is 4.79 Å². The van der Waals surface area contributed by atoms with Crippen molar-refractivity contribution < 1.29 is 9.21 Å². The third-order valence-corrected chi connectivity index (χ3v) is 5.01. The Morgan fingerprint density at radius 2 is 2.26 bits per heavy atom. The van der Waals surface area contributed by atoms with Crippen LogP contribution in [0.25, 0.3) is 0 Å². The fraction of sp³-hybridized carbons (Fsp3) is 0.579. The van der Waals surface area contributed by atoms with Crippen LogP contribution in [0.3, 0.4) is 0 Å². The van der Waals surface area contributed by atoms with Gasteiger partial charge in [-0.3, -0.25) is 4.79 Å². The smallest absolute Gasteiger partial charge is 0.349 e. The summed E-state index contributed by atoms with van der Waals surface area (Å²) >= 11 is 0. The van der Waals surface area contributed by atoms with Crippen molar-refractivity contribution in [2.45, 2.75) is 52.1 Å². The molecule has 2 aromatic rings. The van der Waals surface area contributed by atoms with Crippen LogP contribution in [0.5, 0.6) is 0 Å². The molecule has 0 radical (unpaired) electrons. The van der Waals surface area contributed by atoms with E-state index in [0.717, 1.165) is 25.9 Å². The molecule has 27 heavy (non-hydrogen) atoms. The van der Waals surface area contributed by atoms with Crippen molar-refractivity contribution in [3.8, 4) is 0 Å². The molecule has 1 unspecified atom stereocenters. The van der Waals surface area contributed by atoms with Crippen LogP contribution >= 0.6 is 0 Å². The van der Waals surface area contributed by atoms with Gasteiger partial charge in [0.15, 0.2) is 5.82 Å². The Balaban J connectivity index is 1.81. The second-order valence-corrected chi connectivity index (χ2v) is 7.45. The molecule has 0 aromatic carbocycles. The molecule has 0 saturated carbocycles. The van der Waals surface area contributed by atoms with Gasteiger partial charge in [0, 0.05) is 25.6 Å². The van der Waals surface area contributed by atoms with Gasteiger partial charge in [0.25, 0.3) is 5.91 Å². The zero-order chi connectivity index (χ0) is 19.6. The first-order valence-corrected chi connectivity index (χ1v) is 9.37. The maximum atomic E-state index is 12.9. The molecule has 8 nitrogen and oxygen atoms in total. The van der Waals surface area contributed by atoms with E-state index in [4.69, 9.17) is 4.42 Å². The van der Waals surface area contributed by atoms with Crippen LogP contribution in [0.4, 0.5) is 0 Å². The highest BCUT2D eigenvalue weighted by Crippen LogP contribution is 2.24. The van der Waals surface area contributed by atoms with E-state index >= 15 is 0 Å². The van der Waals surface area contributed by atoms with E-state index in [1.54, 1.807) is 20.3 Å². The number of aromatic nitrogens is 3. The fourth-order valence-electron chi connectivity index (χ4n) is 3.47. The molecular formula is C19H27N5O3. The first-order valence-electron chi connectivity index (χ1n) is 9.37. The highest BCUT2D eigenvalue weighted by Gasteiger charge is 2.25. The normalized spacial score (nSPS) is 17.3. The SMILES string of the molecule is Cc1cc(C2CCCNC2)oc(=O)c1C(=O)N(C)Cc1nncn1C(C)C. The summed E-state index contributed by atoms with van der Waals surface area (Å²) in [5.74, 6) is 1.14. The van der Waals surface area contributed by atoms with E-state index in [1.165, 1.54) is 4.90 Å². The topological polar surface area (TPSA) is 93.3 Å². The van der Waals surface area contributed by atoms with E-state index in [2.05, 4.69) is 15.5 Å². The monoisotopic (exact) mass is 373 g/mol. The molecule has 2 aromatic heterocycles. The number of amides is 1. The molecule has 1 atom stereocenters. The van der Waals surface area contributed by atoms with Crippen LogP contribution in [0.15, 0.2) is 21.6 Å². The van der Waals surface area contributed by atoms with Gasteiger partial charge >= 0.3 is 5.63 Å². The van der Waals surface area contributed by atoms with Gasteiger partial charge in [0.2, 0.25) is 0 Å². The zero-order valence-electron chi connectivity index (χ0n) is 16.4. The first kappa shape index (κ1) is 19.3. The van der Waals surface area contributed by atoms with Crippen LogP contribution in [0.2, 0.25) is 0 Å². The van der Waals surface area contributed by atoms with Crippen molar-refractivity contribution in [3.63, 3.8) is 0 Å². The van der Waals surface area contributed by atoms with E-state index in [1.807, 2.05) is 24.5 Å². The van der Waals surface area contributed by atoms with Crippen molar-refractivity contribution in [2.24, 2.45) is 0 Å². The number of rotatable bonds is 5. The maximum Gasteiger partial charge on any atom is 0.349 e. The maximum absolute atomic E-state index is 12.9. The Kier molecular flexibility index (Phi) is 5.74. The van der Waals surface area contributed by atoms with Gasteiger partial charge in [-0.2, -0.15) is 0 Å². The quantitative estimate of drug-likeness (QED) is 0.860. The highest BCUT2D eigenvalue weighted by atomic mass is 16.4. The van der Waals surface area contributed by atoms with Gasteiger partial charge in [-0.1, -0.05) is 0 Å². The van der Waals surface area contributed by atoms with Gasteiger partial charge < -0.3 is 19.2 Å². The molecule has 1 fully saturated rings. The summed E-state index contributed by atoms with van der Waals surface area (Å²) in [6, 6.07) is 2.02. The van der Waals surface area contributed by atoms with Crippen molar-refractivity contribution in [3.05, 3.63) is 45.5 Å². The van der Waals surface area contributed by atoms with Gasteiger partial charge in [0.1, 0.15) is 17.7 Å². The predicted molar refractivity (Wildman–Crippen MR) is 101 cm³/mol. The standard InChI is InChI=1S/C19H27N5O3/c1-12(2)24-11-21-22-16(24)10-23(4)18(25)17-13(3)8-15(27-19(17)26)14-6-5-7-20-9-14/h8,11-12,14,20H,5-7,9-10H2,1-4H3. The summed E-state index contributed by atoms with van der Waals surface area (Å²) in [6.45, 7) is 7.87. The van der Waals surface area contributed by atoms with E-state index in [0.29, 0.717) is 17.1 Å². The Bertz CT molecular complexity index is 864. The second kappa shape index (κ2) is 8.04. The molecule has 1 amide bonds. The van der Waals surface area contributed by atoms with Crippen LogP contribution in [0.1, 0.15) is 66.2 Å². The van der Waals surface area contributed by atoms with E-state index < -0.39 is 5.63 Å². The number of hydrogen-bond donors (Lipinski definition) is 1. The number of aryl methyl sites for hydroxylation is 1. The fourth-order valence-corrected chi connectivity index (χ4v) is 3.47. The summed E-state index contributed by atoms with van der Waals surface area (Å²) in [5.41, 5.74) is 0.160. The molecule has 1 N–H and O–H groups in total. The molecule has 146 valence electrons. The molecule has 8 heteroatoms. The average Bonchev–Trinajstić information content (AvgIpc) is 3.10. The number of carbonyl (C=O) groups excluding carboxylic acids is 1. The number of piperidine rings is 1. The van der Waals surface area contributed by atoms with Crippen molar-refractivity contribution in [1.29, 1.82) is 0 Å². The molecule has 1 aliphatic rings. The molecule has 3 rings (SSSR count). The van der Waals surface area contributed by atoms with Crippen LogP contribution in [0, 0.1) is 6.92 Å². The lowest BCUT2D eigenvalue weighted by molar-refractivity contribution is 0.0773. The average molecular weight is 373 g/mol. The minimum atomic E-state index is -0.572. The third-order valence-electron chi connectivity index (χ3n) is 5.01. The number of nitrogens with zero attached hydrogens (tertiary/aromatic N) is 4. The van der Waals surface area contributed by atoms with Crippen molar-refractivity contribution >= 4 is 5.91 Å². The first-order chi connectivity index (χ1) is 12.9. The van der Waals surface area contributed by atoms with Crippen LogP contribution < -0.4 is 10.9 Å². The molecule has 1 saturated heterocycles. The summed E-state index contributed by atoms with van der Waals surface area (Å²) in [4.78, 5) is 26.9. The highest BCUT2D eigenvalue weighted by molar-refractivity contribution is 5.94. The lowest BCUT2D eigenvalue weighted by atomic mass is 9.95. The zero-order valence-corrected chi connectivity index (χ0v) is 16.4. The van der Waals surface area contributed by atoms with Crippen LogP contribution in [-0.4, -0.2) is 45.7 Å². The molecule has 1 aliphatic heterocycles. The Labute approximate surface area is 158 Å². The van der Waals surface area contributed by atoms with Crippen molar-refractivity contribution in [1.82, 2.24) is 25.0 Å². The minimum Gasteiger partial charge on any atom is -0.427 e. The van der Waals surface area contributed by atoms with Gasteiger partial charge in [-0.15, -0.1) is 10.2 Å². The number of nitrogens with one attached hydrogen (secondary N) is 1. The molecule has 0 bridgehead atoms. The molecule has 3 heterocycles. The Morgan fingerprint density at radius 1 is 1.48 bits per heavy atom. The largest absolute Gasteiger partial charge is 0.427 e. The van der Waals surface area contributed by atoms with Gasteiger partial charge in [0.05, 0.1) is 6.54 Å². The summed E-state index contributed by atoms with van der Waals surface area (Å²) in [6.07, 6.45) is 3.67. The molecular weight excluding hydrogens is 346 g/mol. The van der Waals surface area contributed by atoms with E-state index in [9.17, 15) is 9.59 Å². The third kappa shape index (κ3) is 4.10. The number of carbonyl (C=O) groups is 1. The van der Waals surface area contributed by atoms with E-state index in [-0.39, 0.29) is 30.0 Å². The summed E-state index contributed by atoms with van der Waals surface area (Å²) < 4.78 is 7.42. The van der Waals surface area contributed by atoms with Gasteiger partial charge in [-0.05, 0) is 51.8 Å². The van der Waals surface area contributed by atoms with Crippen LogP contribution in [-0.2, 0) is 6.54 Å². The lowest BCUT2D eigenvalue weighted by Gasteiger charge is -2.23. The number of hydrogen-bond acceptors (Lipinski definition) is 6. The summed E-state index contributed by atoms with van der Waals surface area (Å²) in [7, 11) is 1.65. The minimum absolute atomic E-state index is 0.0839. The Hall–Kier alpha value is -2.48. The second-order valence-electron chi connectivity index (χ2n) is 7.45. The lowest BCUT2D eigenvalue weighted by Crippen LogP contribution is -2.33. The Morgan fingerprint density at radius 3 is 2.89 bits per heavy atom.